The molecule has 1 N–H and O–H groups in total. The van der Waals surface area contributed by atoms with Crippen molar-refractivity contribution in [2.45, 2.75) is 51.6 Å². The van der Waals surface area contributed by atoms with Gasteiger partial charge >= 0.3 is 0 Å². The first-order chi connectivity index (χ1) is 10.1. The van der Waals surface area contributed by atoms with Crippen molar-refractivity contribution in [2.24, 2.45) is 0 Å². The summed E-state index contributed by atoms with van der Waals surface area (Å²) in [6, 6.07) is 18.8. The van der Waals surface area contributed by atoms with E-state index >= 15 is 0 Å². The Balaban J connectivity index is 1.56. The molecule has 1 heteroatoms. The second-order valence-corrected chi connectivity index (χ2v) is 6.52. The molecule has 0 aromatic heterocycles. The van der Waals surface area contributed by atoms with Crippen molar-refractivity contribution in [3.05, 3.63) is 70.8 Å². The Kier molecular flexibility index (Phi) is 4.12. The predicted molar refractivity (Wildman–Crippen MR) is 89.7 cm³/mol. The molecule has 21 heavy (non-hydrogen) atoms. The second kappa shape index (κ2) is 6.03. The molecular formula is C20H25N. The normalized spacial score (nSPS) is 22.6. The molecule has 1 fully saturated rings. The molecule has 110 valence electrons. The van der Waals surface area contributed by atoms with Gasteiger partial charge in [0.2, 0.25) is 0 Å². The van der Waals surface area contributed by atoms with Gasteiger partial charge in [0.25, 0.3) is 0 Å². The van der Waals surface area contributed by atoms with Gasteiger partial charge in [-0.05, 0) is 56.2 Å². The Hall–Kier alpha value is -1.60. The van der Waals surface area contributed by atoms with Gasteiger partial charge in [-0.2, -0.15) is 0 Å². The van der Waals surface area contributed by atoms with Crippen LogP contribution in [-0.4, -0.2) is 6.04 Å². The molecule has 0 bridgehead atoms. The molecule has 3 rings (SSSR count). The van der Waals surface area contributed by atoms with E-state index in [0.717, 1.165) is 5.92 Å². The zero-order valence-corrected chi connectivity index (χ0v) is 13.3. The number of hydrogen-bond acceptors (Lipinski definition) is 1. The van der Waals surface area contributed by atoms with E-state index in [9.17, 15) is 0 Å². The molecule has 1 atom stereocenters. The topological polar surface area (TPSA) is 12.0 Å². The standard InChI is InChI=1S/C20H25N/c1-14-7-6-9-17(11-14)18-12-19(13-18)21-16(3)20-10-5-4-8-15(20)2/h4-11,16,18-19,21H,12-13H2,1-3H3/t16-,18?,19?/m1/s1. The van der Waals surface area contributed by atoms with E-state index in [2.05, 4.69) is 74.6 Å². The number of hydrogen-bond donors (Lipinski definition) is 1. The Morgan fingerprint density at radius 1 is 1.00 bits per heavy atom. The highest BCUT2D eigenvalue weighted by Gasteiger charge is 2.31. The van der Waals surface area contributed by atoms with Crippen LogP contribution in [0.4, 0.5) is 0 Å². The molecule has 2 aromatic rings. The van der Waals surface area contributed by atoms with Gasteiger partial charge in [-0.3, -0.25) is 0 Å². The van der Waals surface area contributed by atoms with Crippen molar-refractivity contribution in [1.29, 1.82) is 0 Å². The Morgan fingerprint density at radius 2 is 1.76 bits per heavy atom. The SMILES string of the molecule is Cc1cccc(C2CC(N[C@H](C)c3ccccc3C)C2)c1. The molecule has 0 saturated heterocycles. The van der Waals surface area contributed by atoms with Gasteiger partial charge in [0.05, 0.1) is 0 Å². The maximum Gasteiger partial charge on any atom is 0.0296 e. The first kappa shape index (κ1) is 14.3. The van der Waals surface area contributed by atoms with E-state index in [-0.39, 0.29) is 0 Å². The average Bonchev–Trinajstić information content (AvgIpc) is 2.42. The van der Waals surface area contributed by atoms with Crippen LogP contribution in [-0.2, 0) is 0 Å². The highest BCUT2D eigenvalue weighted by molar-refractivity contribution is 5.30. The van der Waals surface area contributed by atoms with Crippen LogP contribution in [0.15, 0.2) is 48.5 Å². The lowest BCUT2D eigenvalue weighted by Crippen LogP contribution is -2.41. The third-order valence-corrected chi connectivity index (χ3v) is 4.79. The van der Waals surface area contributed by atoms with Gasteiger partial charge in [-0.15, -0.1) is 0 Å². The third-order valence-electron chi connectivity index (χ3n) is 4.79. The molecule has 0 unspecified atom stereocenters. The molecule has 0 amide bonds. The smallest absolute Gasteiger partial charge is 0.0296 e. The summed E-state index contributed by atoms with van der Waals surface area (Å²) >= 11 is 0. The lowest BCUT2D eigenvalue weighted by atomic mass is 9.75. The van der Waals surface area contributed by atoms with Crippen molar-refractivity contribution in [1.82, 2.24) is 5.32 Å². The van der Waals surface area contributed by atoms with Crippen LogP contribution in [0.1, 0.15) is 54.0 Å². The van der Waals surface area contributed by atoms with Gasteiger partial charge < -0.3 is 5.32 Å². The van der Waals surface area contributed by atoms with Crippen LogP contribution in [0.25, 0.3) is 0 Å². The van der Waals surface area contributed by atoms with Crippen molar-refractivity contribution in [3.8, 4) is 0 Å². The van der Waals surface area contributed by atoms with Crippen LogP contribution in [0.3, 0.4) is 0 Å². The summed E-state index contributed by atoms with van der Waals surface area (Å²) < 4.78 is 0. The Bertz CT molecular complexity index is 611. The summed E-state index contributed by atoms with van der Waals surface area (Å²) in [6.45, 7) is 6.66. The van der Waals surface area contributed by atoms with Crippen LogP contribution in [0, 0.1) is 13.8 Å². The zero-order valence-electron chi connectivity index (χ0n) is 13.3. The minimum atomic E-state index is 0.439. The van der Waals surface area contributed by atoms with Gasteiger partial charge in [-0.25, -0.2) is 0 Å². The number of aryl methyl sites for hydroxylation is 2. The lowest BCUT2D eigenvalue weighted by molar-refractivity contribution is 0.270. The maximum absolute atomic E-state index is 3.79. The average molecular weight is 279 g/mol. The molecule has 1 aliphatic carbocycles. The Morgan fingerprint density at radius 3 is 2.48 bits per heavy atom. The van der Waals surface area contributed by atoms with E-state index in [1.807, 2.05) is 0 Å². The largest absolute Gasteiger partial charge is 0.307 e. The summed E-state index contributed by atoms with van der Waals surface area (Å²) in [5.41, 5.74) is 5.69. The van der Waals surface area contributed by atoms with E-state index in [4.69, 9.17) is 0 Å². The summed E-state index contributed by atoms with van der Waals surface area (Å²) in [7, 11) is 0. The molecular weight excluding hydrogens is 254 g/mol. The molecule has 0 heterocycles. The second-order valence-electron chi connectivity index (χ2n) is 6.52. The van der Waals surface area contributed by atoms with E-state index in [0.29, 0.717) is 12.1 Å². The van der Waals surface area contributed by atoms with Crippen LogP contribution < -0.4 is 5.32 Å². The maximum atomic E-state index is 3.79. The summed E-state index contributed by atoms with van der Waals surface area (Å²) in [6.07, 6.45) is 2.53. The first-order valence-electron chi connectivity index (χ1n) is 8.01. The minimum absolute atomic E-state index is 0.439. The van der Waals surface area contributed by atoms with Crippen molar-refractivity contribution >= 4 is 0 Å². The minimum Gasteiger partial charge on any atom is -0.307 e. The first-order valence-corrected chi connectivity index (χ1v) is 8.01. The molecule has 1 saturated carbocycles. The fraction of sp³-hybridized carbons (Fsp3) is 0.400. The van der Waals surface area contributed by atoms with Gasteiger partial charge in [0.1, 0.15) is 0 Å². The van der Waals surface area contributed by atoms with Crippen molar-refractivity contribution < 1.29 is 0 Å². The fourth-order valence-electron chi connectivity index (χ4n) is 3.47. The number of nitrogens with one attached hydrogen (secondary N) is 1. The third kappa shape index (κ3) is 3.19. The number of benzene rings is 2. The quantitative estimate of drug-likeness (QED) is 0.839. The number of rotatable bonds is 4. The van der Waals surface area contributed by atoms with Crippen LogP contribution >= 0.6 is 0 Å². The van der Waals surface area contributed by atoms with Gasteiger partial charge in [0.15, 0.2) is 0 Å². The lowest BCUT2D eigenvalue weighted by Gasteiger charge is -2.38. The molecule has 1 nitrogen and oxygen atoms in total. The molecule has 0 radical (unpaired) electrons. The summed E-state index contributed by atoms with van der Waals surface area (Å²) in [5, 5.41) is 3.79. The van der Waals surface area contributed by atoms with Crippen LogP contribution in [0.2, 0.25) is 0 Å². The van der Waals surface area contributed by atoms with Gasteiger partial charge in [0, 0.05) is 12.1 Å². The van der Waals surface area contributed by atoms with E-state index in [1.165, 1.54) is 35.1 Å². The predicted octanol–water partition coefficient (Wildman–Crippen LogP) is 4.90. The Labute approximate surface area is 128 Å². The molecule has 0 spiro atoms. The van der Waals surface area contributed by atoms with E-state index in [1.54, 1.807) is 0 Å². The highest BCUT2D eigenvalue weighted by atomic mass is 15.0. The zero-order chi connectivity index (χ0) is 14.8. The summed E-state index contributed by atoms with van der Waals surface area (Å²) in [5.74, 6) is 0.742. The molecule has 2 aromatic carbocycles. The van der Waals surface area contributed by atoms with Gasteiger partial charge in [-0.1, -0.05) is 54.1 Å². The van der Waals surface area contributed by atoms with E-state index < -0.39 is 0 Å². The van der Waals surface area contributed by atoms with Crippen molar-refractivity contribution in [3.63, 3.8) is 0 Å². The fourth-order valence-corrected chi connectivity index (χ4v) is 3.47. The molecule has 0 aliphatic heterocycles. The summed E-state index contributed by atoms with van der Waals surface area (Å²) in [4.78, 5) is 0. The highest BCUT2D eigenvalue weighted by Crippen LogP contribution is 2.38. The van der Waals surface area contributed by atoms with Crippen LogP contribution in [0.5, 0.6) is 0 Å². The monoisotopic (exact) mass is 279 g/mol. The molecule has 1 aliphatic rings. The van der Waals surface area contributed by atoms with Crippen molar-refractivity contribution in [2.75, 3.05) is 0 Å².